The molecule has 0 atom stereocenters. The van der Waals surface area contributed by atoms with E-state index in [0.29, 0.717) is 29.5 Å². The number of nitrogens with one attached hydrogen (secondary N) is 2. The summed E-state index contributed by atoms with van der Waals surface area (Å²) in [6.45, 7) is 8.20. The van der Waals surface area contributed by atoms with Gasteiger partial charge in [0.05, 0.1) is 12.3 Å². The number of hydrogen-bond acceptors (Lipinski definition) is 4. The predicted octanol–water partition coefficient (Wildman–Crippen LogP) is 4.22. The number of rotatable bonds is 8. The zero-order valence-electron chi connectivity index (χ0n) is 16.8. The van der Waals surface area contributed by atoms with E-state index in [1.165, 1.54) is 6.92 Å². The number of nitrogens with zero attached hydrogens (tertiary/aromatic N) is 1. The van der Waals surface area contributed by atoms with Gasteiger partial charge in [-0.25, -0.2) is 5.43 Å². The molecule has 6 nitrogen and oxygen atoms in total. The maximum absolute atomic E-state index is 12.3. The van der Waals surface area contributed by atoms with Crippen molar-refractivity contribution in [3.8, 4) is 5.75 Å². The zero-order valence-corrected chi connectivity index (χ0v) is 16.8. The molecule has 148 valence electrons. The molecule has 0 aliphatic heterocycles. The number of carbonyl (C=O) groups excluding carboxylic acids is 2. The Labute approximate surface area is 166 Å². The van der Waals surface area contributed by atoms with Crippen LogP contribution in [-0.2, 0) is 4.79 Å². The third-order valence-electron chi connectivity index (χ3n) is 4.01. The summed E-state index contributed by atoms with van der Waals surface area (Å²) in [6.07, 6.45) is 0.985. The molecular formula is C22H27N3O3. The standard InChI is InChI=1S/C22H27N3O3/c1-15(2)12-13-28-21-10-8-18(9-11-21)22(27)25-24-16(3)19-6-5-7-20(14-19)23-17(4)26/h5-11,14-15H,12-13H2,1-4H3,(H,23,26)(H,25,27)/b24-16-. The van der Waals surface area contributed by atoms with E-state index in [1.54, 1.807) is 43.3 Å². The Balaban J connectivity index is 1.95. The van der Waals surface area contributed by atoms with E-state index in [1.807, 2.05) is 12.1 Å². The number of anilines is 1. The molecule has 0 radical (unpaired) electrons. The lowest BCUT2D eigenvalue weighted by Crippen LogP contribution is -2.19. The van der Waals surface area contributed by atoms with Gasteiger partial charge in [-0.05, 0) is 61.2 Å². The van der Waals surface area contributed by atoms with Crippen molar-refractivity contribution < 1.29 is 14.3 Å². The number of carbonyl (C=O) groups is 2. The van der Waals surface area contributed by atoms with Gasteiger partial charge in [-0.1, -0.05) is 26.0 Å². The molecule has 2 aromatic carbocycles. The molecule has 2 amide bonds. The van der Waals surface area contributed by atoms with Gasteiger partial charge >= 0.3 is 0 Å². The lowest BCUT2D eigenvalue weighted by Gasteiger charge is -2.09. The summed E-state index contributed by atoms with van der Waals surface area (Å²) in [6, 6.07) is 14.3. The van der Waals surface area contributed by atoms with Gasteiger partial charge in [0.25, 0.3) is 5.91 Å². The fraction of sp³-hybridized carbons (Fsp3) is 0.318. The van der Waals surface area contributed by atoms with Gasteiger partial charge < -0.3 is 10.1 Å². The highest BCUT2D eigenvalue weighted by Gasteiger charge is 2.06. The van der Waals surface area contributed by atoms with Crippen LogP contribution in [0.25, 0.3) is 0 Å². The molecule has 6 heteroatoms. The van der Waals surface area contributed by atoms with Crippen LogP contribution in [0, 0.1) is 5.92 Å². The summed E-state index contributed by atoms with van der Waals surface area (Å²) in [4.78, 5) is 23.5. The Bertz CT molecular complexity index is 842. The average molecular weight is 381 g/mol. The van der Waals surface area contributed by atoms with Crippen LogP contribution in [0.2, 0.25) is 0 Å². The lowest BCUT2D eigenvalue weighted by molar-refractivity contribution is -0.114. The van der Waals surface area contributed by atoms with Crippen LogP contribution < -0.4 is 15.5 Å². The molecule has 2 rings (SSSR count). The van der Waals surface area contributed by atoms with Crippen LogP contribution in [0.15, 0.2) is 53.6 Å². The van der Waals surface area contributed by atoms with E-state index in [2.05, 4.69) is 29.7 Å². The van der Waals surface area contributed by atoms with E-state index < -0.39 is 0 Å². The second kappa shape index (κ2) is 10.3. The number of amides is 2. The van der Waals surface area contributed by atoms with Crippen molar-refractivity contribution in [3.05, 3.63) is 59.7 Å². The average Bonchev–Trinajstić information content (AvgIpc) is 2.66. The molecule has 0 spiro atoms. The fourth-order valence-corrected chi connectivity index (χ4v) is 2.40. The maximum Gasteiger partial charge on any atom is 0.271 e. The highest BCUT2D eigenvalue weighted by atomic mass is 16.5. The number of hydrazone groups is 1. The Hall–Kier alpha value is -3.15. The number of hydrogen-bond donors (Lipinski definition) is 2. The highest BCUT2D eigenvalue weighted by Crippen LogP contribution is 2.14. The third kappa shape index (κ3) is 6.87. The molecule has 0 aliphatic rings. The lowest BCUT2D eigenvalue weighted by atomic mass is 10.1. The van der Waals surface area contributed by atoms with Gasteiger partial charge in [0.2, 0.25) is 5.91 Å². The molecule has 2 N–H and O–H groups in total. The van der Waals surface area contributed by atoms with E-state index >= 15 is 0 Å². The Morgan fingerprint density at radius 1 is 1.04 bits per heavy atom. The van der Waals surface area contributed by atoms with Gasteiger partial charge in [0.1, 0.15) is 5.75 Å². The highest BCUT2D eigenvalue weighted by molar-refractivity contribution is 6.02. The fourth-order valence-electron chi connectivity index (χ4n) is 2.40. The van der Waals surface area contributed by atoms with Crippen molar-refractivity contribution >= 4 is 23.2 Å². The molecule has 0 fully saturated rings. The van der Waals surface area contributed by atoms with E-state index in [-0.39, 0.29) is 11.8 Å². The molecule has 0 unspecified atom stereocenters. The number of ether oxygens (including phenoxy) is 1. The van der Waals surface area contributed by atoms with E-state index in [9.17, 15) is 9.59 Å². The molecule has 2 aromatic rings. The largest absolute Gasteiger partial charge is 0.494 e. The number of benzene rings is 2. The van der Waals surface area contributed by atoms with Crippen molar-refractivity contribution in [2.45, 2.75) is 34.1 Å². The van der Waals surface area contributed by atoms with Gasteiger partial charge in [0.15, 0.2) is 0 Å². The first-order valence-corrected chi connectivity index (χ1v) is 9.30. The SMILES string of the molecule is CC(=O)Nc1cccc(/C(C)=N\NC(=O)c2ccc(OCCC(C)C)cc2)c1. The summed E-state index contributed by atoms with van der Waals surface area (Å²) in [7, 11) is 0. The summed E-state index contributed by atoms with van der Waals surface area (Å²) >= 11 is 0. The summed E-state index contributed by atoms with van der Waals surface area (Å²) in [5, 5.41) is 6.88. The zero-order chi connectivity index (χ0) is 20.5. The van der Waals surface area contributed by atoms with Gasteiger partial charge in [-0.2, -0.15) is 5.10 Å². The molecule has 0 saturated carbocycles. The topological polar surface area (TPSA) is 79.8 Å². The van der Waals surface area contributed by atoms with Gasteiger partial charge in [-0.15, -0.1) is 0 Å². The summed E-state index contributed by atoms with van der Waals surface area (Å²) < 4.78 is 5.66. The minimum absolute atomic E-state index is 0.142. The molecular weight excluding hydrogens is 354 g/mol. The first-order chi connectivity index (χ1) is 13.3. The van der Waals surface area contributed by atoms with Crippen molar-refractivity contribution in [2.75, 3.05) is 11.9 Å². The normalized spacial score (nSPS) is 11.2. The van der Waals surface area contributed by atoms with Crippen molar-refractivity contribution in [1.82, 2.24) is 5.43 Å². The quantitative estimate of drug-likeness (QED) is 0.531. The minimum Gasteiger partial charge on any atom is -0.494 e. The summed E-state index contributed by atoms with van der Waals surface area (Å²) in [5.74, 6) is 0.888. The van der Waals surface area contributed by atoms with Crippen LogP contribution in [0.3, 0.4) is 0 Å². The third-order valence-corrected chi connectivity index (χ3v) is 4.01. The molecule has 0 heterocycles. The van der Waals surface area contributed by atoms with Crippen molar-refractivity contribution in [2.24, 2.45) is 11.0 Å². The molecule has 0 saturated heterocycles. The smallest absolute Gasteiger partial charge is 0.271 e. The van der Waals surface area contributed by atoms with Crippen LogP contribution in [0.1, 0.15) is 50.0 Å². The second-order valence-electron chi connectivity index (χ2n) is 6.96. The predicted molar refractivity (Wildman–Crippen MR) is 112 cm³/mol. The Morgan fingerprint density at radius 3 is 2.39 bits per heavy atom. The van der Waals surface area contributed by atoms with Gasteiger partial charge in [-0.3, -0.25) is 9.59 Å². The molecule has 0 aliphatic carbocycles. The Morgan fingerprint density at radius 2 is 1.75 bits per heavy atom. The minimum atomic E-state index is -0.300. The van der Waals surface area contributed by atoms with Crippen molar-refractivity contribution in [3.63, 3.8) is 0 Å². The van der Waals surface area contributed by atoms with Crippen molar-refractivity contribution in [1.29, 1.82) is 0 Å². The van der Waals surface area contributed by atoms with Crippen LogP contribution in [-0.4, -0.2) is 24.1 Å². The van der Waals surface area contributed by atoms with E-state index in [4.69, 9.17) is 4.74 Å². The molecule has 0 bridgehead atoms. The van der Waals surface area contributed by atoms with E-state index in [0.717, 1.165) is 17.7 Å². The first kappa shape index (κ1) is 21.2. The first-order valence-electron chi connectivity index (χ1n) is 9.30. The molecule has 0 aromatic heterocycles. The monoisotopic (exact) mass is 381 g/mol. The summed E-state index contributed by atoms with van der Waals surface area (Å²) in [5.41, 5.74) is 5.17. The maximum atomic E-state index is 12.3. The van der Waals surface area contributed by atoms with Crippen LogP contribution in [0.4, 0.5) is 5.69 Å². The Kier molecular flexibility index (Phi) is 7.75. The second-order valence-corrected chi connectivity index (χ2v) is 6.96. The van der Waals surface area contributed by atoms with Crippen LogP contribution >= 0.6 is 0 Å². The van der Waals surface area contributed by atoms with Crippen LogP contribution in [0.5, 0.6) is 5.75 Å². The van der Waals surface area contributed by atoms with Gasteiger partial charge in [0, 0.05) is 18.2 Å². The molecule has 28 heavy (non-hydrogen) atoms.